The first-order chi connectivity index (χ1) is 14.3. The number of nitrogens with zero attached hydrogens (tertiary/aromatic N) is 1. The minimum absolute atomic E-state index is 0.200. The maximum Gasteiger partial charge on any atom is 0.335 e. The van der Waals surface area contributed by atoms with Crippen LogP contribution in [0.3, 0.4) is 0 Å². The fourth-order valence-corrected chi connectivity index (χ4v) is 3.80. The summed E-state index contributed by atoms with van der Waals surface area (Å²) in [5, 5.41) is 2.60. The van der Waals surface area contributed by atoms with E-state index in [0.717, 1.165) is 4.90 Å². The van der Waals surface area contributed by atoms with E-state index in [-0.39, 0.29) is 5.57 Å². The number of anilines is 1. The molecule has 0 aromatic heterocycles. The molecule has 1 fully saturated rings. The third kappa shape index (κ3) is 4.06. The molecule has 2 aromatic carbocycles. The molecule has 3 rings (SSSR count). The Hall–Kier alpha value is -2.84. The average molecular weight is 494 g/mol. The first-order valence-corrected chi connectivity index (χ1v) is 10.1. The predicted octanol–water partition coefficient (Wildman–Crippen LogP) is 4.48. The highest BCUT2D eigenvalue weighted by Crippen LogP contribution is 2.37. The van der Waals surface area contributed by atoms with Gasteiger partial charge in [0.1, 0.15) is 5.57 Å². The molecule has 156 valence electrons. The van der Waals surface area contributed by atoms with Crippen LogP contribution in [-0.2, 0) is 9.59 Å². The minimum atomic E-state index is -0.835. The van der Waals surface area contributed by atoms with Crippen LogP contribution in [0.2, 0.25) is 5.02 Å². The molecule has 1 saturated heterocycles. The van der Waals surface area contributed by atoms with Crippen molar-refractivity contribution in [2.24, 2.45) is 0 Å². The highest BCUT2D eigenvalue weighted by Gasteiger charge is 2.37. The molecule has 0 bridgehead atoms. The van der Waals surface area contributed by atoms with Gasteiger partial charge in [0.25, 0.3) is 11.8 Å². The molecule has 30 heavy (non-hydrogen) atoms. The number of amides is 4. The molecule has 2 aromatic rings. The first kappa shape index (κ1) is 21.9. The number of urea groups is 1. The molecule has 0 atom stereocenters. The maximum absolute atomic E-state index is 13.1. The molecule has 0 radical (unpaired) electrons. The van der Waals surface area contributed by atoms with Gasteiger partial charge in [0.15, 0.2) is 11.5 Å². The number of ether oxygens (including phenoxy) is 2. The number of methoxy groups -OCH3 is 1. The standard InChI is InChI=1S/C21H18BrClN2O5/c1-4-30-17-10-12(9-14(22)18(17)29-3)8-13-19(26)24-21(28)25(20(13)27)16-7-5-6-15(23)11(16)2/h5-10H,4H2,1-3H3,(H,24,26,28)/b13-8+. The monoisotopic (exact) mass is 492 g/mol. The number of imide groups is 2. The van der Waals surface area contributed by atoms with E-state index >= 15 is 0 Å². The van der Waals surface area contributed by atoms with Gasteiger partial charge < -0.3 is 9.47 Å². The number of rotatable bonds is 5. The van der Waals surface area contributed by atoms with Gasteiger partial charge in [0.05, 0.1) is 23.9 Å². The third-order valence-corrected chi connectivity index (χ3v) is 5.43. The van der Waals surface area contributed by atoms with Gasteiger partial charge in [-0.2, -0.15) is 0 Å². The Morgan fingerprint density at radius 1 is 1.23 bits per heavy atom. The molecule has 0 saturated carbocycles. The minimum Gasteiger partial charge on any atom is -0.492 e. The van der Waals surface area contributed by atoms with Crippen molar-refractivity contribution in [3.63, 3.8) is 0 Å². The number of halogens is 2. The zero-order valence-corrected chi connectivity index (χ0v) is 18.8. The van der Waals surface area contributed by atoms with E-state index in [9.17, 15) is 14.4 Å². The van der Waals surface area contributed by atoms with Gasteiger partial charge in [-0.3, -0.25) is 14.9 Å². The van der Waals surface area contributed by atoms with E-state index in [2.05, 4.69) is 21.2 Å². The summed E-state index contributed by atoms with van der Waals surface area (Å²) >= 11 is 9.53. The Kier molecular flexibility index (Phi) is 6.48. The molecule has 7 nitrogen and oxygen atoms in total. The summed E-state index contributed by atoms with van der Waals surface area (Å²) in [6.45, 7) is 3.92. The van der Waals surface area contributed by atoms with Crippen molar-refractivity contribution in [3.8, 4) is 11.5 Å². The highest BCUT2D eigenvalue weighted by molar-refractivity contribution is 9.10. The lowest BCUT2D eigenvalue weighted by Crippen LogP contribution is -2.54. The zero-order valence-electron chi connectivity index (χ0n) is 16.4. The second-order valence-corrected chi connectivity index (χ2v) is 7.57. The first-order valence-electron chi connectivity index (χ1n) is 8.95. The lowest BCUT2D eigenvalue weighted by atomic mass is 10.1. The van der Waals surface area contributed by atoms with Crippen LogP contribution >= 0.6 is 27.5 Å². The van der Waals surface area contributed by atoms with E-state index < -0.39 is 17.8 Å². The summed E-state index contributed by atoms with van der Waals surface area (Å²) in [6, 6.07) is 7.35. The van der Waals surface area contributed by atoms with Crippen LogP contribution in [-0.4, -0.2) is 31.6 Å². The summed E-state index contributed by atoms with van der Waals surface area (Å²) < 4.78 is 11.5. The second kappa shape index (κ2) is 8.89. The molecule has 1 aliphatic rings. The average Bonchev–Trinajstić information content (AvgIpc) is 2.68. The van der Waals surface area contributed by atoms with E-state index in [0.29, 0.717) is 44.4 Å². The number of hydrogen-bond acceptors (Lipinski definition) is 5. The van der Waals surface area contributed by atoms with Crippen LogP contribution in [0.15, 0.2) is 40.4 Å². The van der Waals surface area contributed by atoms with Gasteiger partial charge in [-0.05, 0) is 71.2 Å². The summed E-state index contributed by atoms with van der Waals surface area (Å²) in [5.74, 6) is -0.599. The molecule has 9 heteroatoms. The topological polar surface area (TPSA) is 84.9 Å². The third-order valence-electron chi connectivity index (χ3n) is 4.43. The van der Waals surface area contributed by atoms with Crippen molar-refractivity contribution in [1.29, 1.82) is 0 Å². The van der Waals surface area contributed by atoms with Crippen molar-refractivity contribution in [1.82, 2.24) is 5.32 Å². The van der Waals surface area contributed by atoms with Crippen LogP contribution in [0.1, 0.15) is 18.1 Å². The number of hydrogen-bond donors (Lipinski definition) is 1. The molecule has 1 aliphatic heterocycles. The summed E-state index contributed by atoms with van der Waals surface area (Å²) in [7, 11) is 1.51. The Labute approximate surface area is 186 Å². The molecule has 0 spiro atoms. The van der Waals surface area contributed by atoms with Gasteiger partial charge in [-0.25, -0.2) is 9.69 Å². The van der Waals surface area contributed by atoms with E-state index in [1.807, 2.05) is 6.92 Å². The molecule has 0 aliphatic carbocycles. The fraction of sp³-hybridized carbons (Fsp3) is 0.190. The quantitative estimate of drug-likeness (QED) is 0.490. The Morgan fingerprint density at radius 2 is 1.97 bits per heavy atom. The lowest BCUT2D eigenvalue weighted by molar-refractivity contribution is -0.122. The number of carbonyl (C=O) groups is 3. The number of carbonyl (C=O) groups excluding carboxylic acids is 3. The van der Waals surface area contributed by atoms with Crippen molar-refractivity contribution in [2.45, 2.75) is 13.8 Å². The molecule has 0 unspecified atom stereocenters. The van der Waals surface area contributed by atoms with Crippen LogP contribution in [0.5, 0.6) is 11.5 Å². The Morgan fingerprint density at radius 3 is 2.63 bits per heavy atom. The van der Waals surface area contributed by atoms with Gasteiger partial charge in [-0.1, -0.05) is 17.7 Å². The number of nitrogens with one attached hydrogen (secondary N) is 1. The number of benzene rings is 2. The van der Waals surface area contributed by atoms with Gasteiger partial charge in [-0.15, -0.1) is 0 Å². The molecular formula is C21H18BrClN2O5. The fourth-order valence-electron chi connectivity index (χ4n) is 3.01. The molecular weight excluding hydrogens is 476 g/mol. The molecule has 1 heterocycles. The maximum atomic E-state index is 13.1. The highest BCUT2D eigenvalue weighted by atomic mass is 79.9. The SMILES string of the molecule is CCOc1cc(/C=C2\C(=O)NC(=O)N(c3cccc(Cl)c3C)C2=O)cc(Br)c1OC. The van der Waals surface area contributed by atoms with Crippen molar-refractivity contribution in [3.05, 3.63) is 56.5 Å². The summed E-state index contributed by atoms with van der Waals surface area (Å²) in [4.78, 5) is 38.8. The Bertz CT molecular complexity index is 1080. The second-order valence-electron chi connectivity index (χ2n) is 6.31. The van der Waals surface area contributed by atoms with Crippen molar-refractivity contribution in [2.75, 3.05) is 18.6 Å². The van der Waals surface area contributed by atoms with Crippen molar-refractivity contribution >= 4 is 57.1 Å². The van der Waals surface area contributed by atoms with Crippen molar-refractivity contribution < 1.29 is 23.9 Å². The van der Waals surface area contributed by atoms with E-state index in [4.69, 9.17) is 21.1 Å². The van der Waals surface area contributed by atoms with Gasteiger partial charge in [0.2, 0.25) is 0 Å². The lowest BCUT2D eigenvalue weighted by Gasteiger charge is -2.27. The van der Waals surface area contributed by atoms with Gasteiger partial charge >= 0.3 is 6.03 Å². The van der Waals surface area contributed by atoms with Crippen LogP contribution in [0.4, 0.5) is 10.5 Å². The smallest absolute Gasteiger partial charge is 0.335 e. The van der Waals surface area contributed by atoms with E-state index in [1.54, 1.807) is 37.3 Å². The molecule has 1 N–H and O–H groups in total. The zero-order chi connectivity index (χ0) is 22.0. The predicted molar refractivity (Wildman–Crippen MR) is 117 cm³/mol. The van der Waals surface area contributed by atoms with Crippen LogP contribution in [0.25, 0.3) is 6.08 Å². The Balaban J connectivity index is 2.08. The van der Waals surface area contributed by atoms with Gasteiger partial charge in [0, 0.05) is 5.02 Å². The number of barbiturate groups is 1. The normalized spacial score (nSPS) is 15.4. The molecule has 4 amide bonds. The van der Waals surface area contributed by atoms with Crippen LogP contribution < -0.4 is 19.7 Å². The van der Waals surface area contributed by atoms with Crippen LogP contribution in [0, 0.1) is 6.92 Å². The largest absolute Gasteiger partial charge is 0.492 e. The summed E-state index contributed by atoms with van der Waals surface area (Å²) in [5.41, 5.74) is 1.16. The summed E-state index contributed by atoms with van der Waals surface area (Å²) in [6.07, 6.45) is 1.39. The van der Waals surface area contributed by atoms with E-state index in [1.165, 1.54) is 13.2 Å².